The fourth-order valence-corrected chi connectivity index (χ4v) is 3.00. The predicted molar refractivity (Wildman–Crippen MR) is 118 cm³/mol. The van der Waals surface area contributed by atoms with Crippen molar-refractivity contribution in [1.82, 2.24) is 0 Å². The average molecular weight is 370 g/mol. The van der Waals surface area contributed by atoms with Crippen LogP contribution in [0.1, 0.15) is 16.7 Å². The van der Waals surface area contributed by atoms with Crippen molar-refractivity contribution in [3.63, 3.8) is 0 Å². The minimum atomic E-state index is -1.40. The molecule has 142 valence electrons. The molecule has 0 saturated heterocycles. The van der Waals surface area contributed by atoms with Crippen LogP contribution in [0.3, 0.4) is 0 Å². The minimum absolute atomic E-state index is 0.749. The van der Waals surface area contributed by atoms with E-state index < -0.39 is 5.60 Å². The Labute approximate surface area is 167 Å². The van der Waals surface area contributed by atoms with Gasteiger partial charge in [-0.3, -0.25) is 0 Å². The molecule has 0 aliphatic carbocycles. The van der Waals surface area contributed by atoms with Gasteiger partial charge in [-0.15, -0.1) is 0 Å². The smallest absolute Gasteiger partial charge is 0.177 e. The molecule has 0 spiro atoms. The highest BCUT2D eigenvalue weighted by molar-refractivity contribution is 5.55. The van der Waals surface area contributed by atoms with Gasteiger partial charge in [0.1, 0.15) is 0 Å². The summed E-state index contributed by atoms with van der Waals surface area (Å²) in [6.07, 6.45) is 0. The molecule has 0 saturated carbocycles. The third-order valence-corrected chi connectivity index (χ3v) is 4.76. The molecule has 3 aromatic rings. The Bertz CT molecular complexity index is 912. The summed E-state index contributed by atoms with van der Waals surface area (Å²) in [7, 11) is 7.99. The second-order valence-electron chi connectivity index (χ2n) is 7.21. The van der Waals surface area contributed by atoms with Crippen molar-refractivity contribution in [3.8, 4) is 11.8 Å². The van der Waals surface area contributed by atoms with Crippen molar-refractivity contribution in [1.29, 1.82) is 0 Å². The summed E-state index contributed by atoms with van der Waals surface area (Å²) < 4.78 is 0. The van der Waals surface area contributed by atoms with Gasteiger partial charge in [0, 0.05) is 56.3 Å². The maximum Gasteiger partial charge on any atom is 0.177 e. The van der Waals surface area contributed by atoms with Crippen LogP contribution >= 0.6 is 0 Å². The molecule has 0 aliphatic rings. The van der Waals surface area contributed by atoms with Gasteiger partial charge in [0.25, 0.3) is 0 Å². The lowest BCUT2D eigenvalue weighted by atomic mass is 9.86. The maximum absolute atomic E-state index is 11.7. The Balaban J connectivity index is 2.09. The SMILES string of the molecule is CN(C)c1ccc(C(O)(C#Cc2ccccc2)c2ccc(N(C)C)cc2)cc1. The van der Waals surface area contributed by atoms with E-state index in [0.717, 1.165) is 28.1 Å². The molecule has 0 amide bonds. The molecule has 3 aromatic carbocycles. The van der Waals surface area contributed by atoms with E-state index in [1.807, 2.05) is 117 Å². The van der Waals surface area contributed by atoms with Crippen LogP contribution in [0.4, 0.5) is 11.4 Å². The van der Waals surface area contributed by atoms with Crippen LogP contribution in [-0.4, -0.2) is 33.3 Å². The molecule has 1 N–H and O–H groups in total. The monoisotopic (exact) mass is 370 g/mol. The second kappa shape index (κ2) is 8.21. The molecule has 3 rings (SSSR count). The zero-order chi connectivity index (χ0) is 20.1. The van der Waals surface area contributed by atoms with Gasteiger partial charge in [-0.25, -0.2) is 0 Å². The summed E-state index contributed by atoms with van der Waals surface area (Å²) in [5, 5.41) is 11.7. The van der Waals surface area contributed by atoms with Crippen LogP contribution in [0.15, 0.2) is 78.9 Å². The number of hydrogen-bond acceptors (Lipinski definition) is 3. The fraction of sp³-hybridized carbons (Fsp3) is 0.200. The first kappa shape index (κ1) is 19.5. The highest BCUT2D eigenvalue weighted by atomic mass is 16.3. The van der Waals surface area contributed by atoms with E-state index in [2.05, 4.69) is 11.8 Å². The Hall–Kier alpha value is -3.22. The summed E-state index contributed by atoms with van der Waals surface area (Å²) in [5.41, 5.74) is 3.12. The summed E-state index contributed by atoms with van der Waals surface area (Å²) >= 11 is 0. The zero-order valence-corrected chi connectivity index (χ0v) is 16.8. The lowest BCUT2D eigenvalue weighted by Crippen LogP contribution is -2.25. The number of benzene rings is 3. The molecule has 0 atom stereocenters. The van der Waals surface area contributed by atoms with Crippen LogP contribution < -0.4 is 9.80 Å². The topological polar surface area (TPSA) is 26.7 Å². The van der Waals surface area contributed by atoms with Crippen molar-refractivity contribution in [2.24, 2.45) is 0 Å². The first-order valence-electron chi connectivity index (χ1n) is 9.26. The first-order chi connectivity index (χ1) is 13.4. The standard InChI is InChI=1S/C25H26N2O/c1-26(2)23-14-10-21(11-15-23)25(28,19-18-20-8-6-5-7-9-20)22-12-16-24(17-13-22)27(3)4/h5-17,28H,1-4H3. The van der Waals surface area contributed by atoms with Crippen molar-refractivity contribution >= 4 is 11.4 Å². The number of hydrogen-bond donors (Lipinski definition) is 1. The molecule has 0 unspecified atom stereocenters. The van der Waals surface area contributed by atoms with E-state index in [1.54, 1.807) is 0 Å². The summed E-state index contributed by atoms with van der Waals surface area (Å²) in [4.78, 5) is 4.06. The summed E-state index contributed by atoms with van der Waals surface area (Å²) in [5.74, 6) is 6.26. The highest BCUT2D eigenvalue weighted by Gasteiger charge is 2.29. The summed E-state index contributed by atoms with van der Waals surface area (Å²) in [6, 6.07) is 25.5. The quantitative estimate of drug-likeness (QED) is 0.700. The molecular weight excluding hydrogens is 344 g/mol. The fourth-order valence-electron chi connectivity index (χ4n) is 3.00. The van der Waals surface area contributed by atoms with Crippen LogP contribution in [0, 0.1) is 11.8 Å². The molecule has 0 heterocycles. The number of aliphatic hydroxyl groups is 1. The summed E-state index contributed by atoms with van der Waals surface area (Å²) in [6.45, 7) is 0. The van der Waals surface area contributed by atoms with E-state index in [9.17, 15) is 5.11 Å². The van der Waals surface area contributed by atoms with Crippen molar-refractivity contribution < 1.29 is 5.11 Å². The highest BCUT2D eigenvalue weighted by Crippen LogP contribution is 2.31. The van der Waals surface area contributed by atoms with Gasteiger partial charge in [-0.1, -0.05) is 54.3 Å². The lowest BCUT2D eigenvalue weighted by molar-refractivity contribution is 0.145. The maximum atomic E-state index is 11.7. The molecule has 0 aromatic heterocycles. The molecule has 3 nitrogen and oxygen atoms in total. The van der Waals surface area contributed by atoms with Crippen LogP contribution in [-0.2, 0) is 5.60 Å². The Morgan fingerprint density at radius 3 is 1.46 bits per heavy atom. The van der Waals surface area contributed by atoms with Gasteiger partial charge in [-0.2, -0.15) is 0 Å². The minimum Gasteiger partial charge on any atom is -0.378 e. The number of nitrogens with zero attached hydrogens (tertiary/aromatic N) is 2. The molecule has 0 fully saturated rings. The van der Waals surface area contributed by atoms with Gasteiger partial charge in [0.2, 0.25) is 0 Å². The van der Waals surface area contributed by atoms with Crippen molar-refractivity contribution in [2.75, 3.05) is 38.0 Å². The Morgan fingerprint density at radius 1 is 0.643 bits per heavy atom. The third-order valence-electron chi connectivity index (χ3n) is 4.76. The Morgan fingerprint density at radius 2 is 1.07 bits per heavy atom. The van der Waals surface area contributed by atoms with E-state index in [0.29, 0.717) is 0 Å². The molecular formula is C25H26N2O. The van der Waals surface area contributed by atoms with Gasteiger partial charge in [-0.05, 0) is 36.4 Å². The van der Waals surface area contributed by atoms with E-state index in [1.165, 1.54) is 0 Å². The van der Waals surface area contributed by atoms with E-state index in [-0.39, 0.29) is 0 Å². The molecule has 0 bridgehead atoms. The van der Waals surface area contributed by atoms with Gasteiger partial charge in [0.05, 0.1) is 0 Å². The third kappa shape index (κ3) is 4.19. The van der Waals surface area contributed by atoms with Crippen LogP contribution in [0.25, 0.3) is 0 Å². The molecule has 0 aliphatic heterocycles. The van der Waals surface area contributed by atoms with Crippen molar-refractivity contribution in [3.05, 3.63) is 95.6 Å². The number of rotatable bonds is 4. The first-order valence-corrected chi connectivity index (χ1v) is 9.26. The van der Waals surface area contributed by atoms with Crippen LogP contribution in [0.2, 0.25) is 0 Å². The molecule has 3 heteroatoms. The van der Waals surface area contributed by atoms with E-state index in [4.69, 9.17) is 0 Å². The molecule has 28 heavy (non-hydrogen) atoms. The average Bonchev–Trinajstić information content (AvgIpc) is 2.73. The zero-order valence-electron chi connectivity index (χ0n) is 16.8. The van der Waals surface area contributed by atoms with Gasteiger partial charge in [0.15, 0.2) is 5.60 Å². The second-order valence-corrected chi connectivity index (χ2v) is 7.21. The molecule has 0 radical (unpaired) electrons. The number of anilines is 2. The largest absolute Gasteiger partial charge is 0.378 e. The predicted octanol–water partition coefficient (Wildman–Crippen LogP) is 4.11. The van der Waals surface area contributed by atoms with Crippen molar-refractivity contribution in [2.45, 2.75) is 5.60 Å². The van der Waals surface area contributed by atoms with Crippen LogP contribution in [0.5, 0.6) is 0 Å². The Kier molecular flexibility index (Phi) is 5.73. The van der Waals surface area contributed by atoms with Gasteiger partial charge < -0.3 is 14.9 Å². The van der Waals surface area contributed by atoms with Gasteiger partial charge >= 0.3 is 0 Å². The lowest BCUT2D eigenvalue weighted by Gasteiger charge is -2.25. The van der Waals surface area contributed by atoms with E-state index >= 15 is 0 Å². The normalized spacial score (nSPS) is 10.8.